The van der Waals surface area contributed by atoms with Gasteiger partial charge in [0.05, 0.1) is 32.2 Å². The van der Waals surface area contributed by atoms with Crippen LogP contribution in [-0.4, -0.2) is 49.9 Å². The van der Waals surface area contributed by atoms with Crippen molar-refractivity contribution in [1.82, 2.24) is 5.32 Å². The van der Waals surface area contributed by atoms with Crippen LogP contribution >= 0.6 is 0 Å². The molecule has 1 heterocycles. The molecule has 9 nitrogen and oxygen atoms in total. The molecule has 166 valence electrons. The zero-order valence-corrected chi connectivity index (χ0v) is 18.2. The van der Waals surface area contributed by atoms with Crippen molar-refractivity contribution in [3.63, 3.8) is 0 Å². The topological polar surface area (TPSA) is 145 Å². The molecule has 1 aromatic heterocycles. The van der Waals surface area contributed by atoms with Crippen molar-refractivity contribution in [3.05, 3.63) is 54.1 Å². The van der Waals surface area contributed by atoms with Crippen molar-refractivity contribution in [3.8, 4) is 0 Å². The summed E-state index contributed by atoms with van der Waals surface area (Å²) in [5.41, 5.74) is 1.83. The highest BCUT2D eigenvalue weighted by atomic mass is 32.2. The minimum absolute atomic E-state index is 0.00983. The predicted molar refractivity (Wildman–Crippen MR) is 114 cm³/mol. The van der Waals surface area contributed by atoms with Gasteiger partial charge in [0.1, 0.15) is 0 Å². The van der Waals surface area contributed by atoms with Gasteiger partial charge in [-0.2, -0.15) is 13.0 Å². The largest absolute Gasteiger partial charge is 0.748 e. The van der Waals surface area contributed by atoms with Crippen LogP contribution in [-0.2, 0) is 26.8 Å². The molecule has 0 spiro atoms. The number of nitrogens with zero attached hydrogens (tertiary/aromatic N) is 1. The van der Waals surface area contributed by atoms with Gasteiger partial charge in [-0.3, -0.25) is 9.35 Å². The lowest BCUT2D eigenvalue weighted by atomic mass is 10.0. The molecule has 1 amide bonds. The number of para-hydroxylation sites is 2. The molecule has 0 fully saturated rings. The zero-order chi connectivity index (χ0) is 22.6. The van der Waals surface area contributed by atoms with Crippen molar-refractivity contribution in [2.45, 2.75) is 19.4 Å². The third-order valence-corrected chi connectivity index (χ3v) is 6.39. The van der Waals surface area contributed by atoms with Gasteiger partial charge in [-0.25, -0.2) is 8.42 Å². The first-order valence-electron chi connectivity index (χ1n) is 9.57. The fraction of sp³-hybridized carbons (Fsp3) is 0.300. The third-order valence-electron chi connectivity index (χ3n) is 4.80. The van der Waals surface area contributed by atoms with Crippen molar-refractivity contribution >= 4 is 47.9 Å². The second kappa shape index (κ2) is 9.27. The van der Waals surface area contributed by atoms with Gasteiger partial charge >= 0.3 is 0 Å². The third kappa shape index (κ3) is 5.97. The van der Waals surface area contributed by atoms with Crippen LogP contribution in [0.15, 0.2) is 48.5 Å². The maximum Gasteiger partial charge on any atom is 0.265 e. The van der Waals surface area contributed by atoms with E-state index in [0.717, 1.165) is 0 Å². The lowest BCUT2D eigenvalue weighted by Gasteiger charge is -2.13. The molecule has 2 aromatic carbocycles. The summed E-state index contributed by atoms with van der Waals surface area (Å²) in [6, 6.07) is 14.3. The summed E-state index contributed by atoms with van der Waals surface area (Å²) in [5.74, 6) is -1.34. The highest BCUT2D eigenvalue weighted by Gasteiger charge is 2.24. The Morgan fingerprint density at radius 1 is 0.903 bits per heavy atom. The van der Waals surface area contributed by atoms with Gasteiger partial charge in [0.2, 0.25) is 11.0 Å². The molecular formula is C20H22N2O7S2. The Labute approximate surface area is 180 Å². The molecule has 0 aliphatic heterocycles. The Bertz CT molecular complexity index is 1280. The number of carbonyl (C=O) groups excluding carboxylic acids is 1. The van der Waals surface area contributed by atoms with E-state index in [1.165, 1.54) is 0 Å². The lowest BCUT2D eigenvalue weighted by molar-refractivity contribution is -0.645. The standard InChI is InChI=1S/C20H22N2O7S2/c23-20(21-11-5-13-30(24,25)26)19-15-7-1-3-9-17(15)22(12-6-14-31(27,28)29)18-10-4-2-8-16(18)19/h1-4,7-10H,5-6,11-14H2,(H2-,21,23,24,25,26,27,28,29). The second-order valence-electron chi connectivity index (χ2n) is 7.07. The highest BCUT2D eigenvalue weighted by Crippen LogP contribution is 2.25. The second-order valence-corrected chi connectivity index (χ2v) is 10.2. The van der Waals surface area contributed by atoms with Gasteiger partial charge in [0.15, 0.2) is 6.54 Å². The van der Waals surface area contributed by atoms with E-state index in [-0.39, 0.29) is 25.1 Å². The van der Waals surface area contributed by atoms with Crippen molar-refractivity contribution in [1.29, 1.82) is 0 Å². The van der Waals surface area contributed by atoms with Crippen molar-refractivity contribution in [2.75, 3.05) is 18.1 Å². The Hall–Kier alpha value is -2.60. The van der Waals surface area contributed by atoms with Gasteiger partial charge in [-0.15, -0.1) is 0 Å². The van der Waals surface area contributed by atoms with Crippen molar-refractivity contribution < 1.29 is 35.3 Å². The zero-order valence-electron chi connectivity index (χ0n) is 16.5. The number of rotatable bonds is 9. The van der Waals surface area contributed by atoms with Gasteiger partial charge in [-0.05, 0) is 18.6 Å². The summed E-state index contributed by atoms with van der Waals surface area (Å²) >= 11 is 0. The fourth-order valence-corrected chi connectivity index (χ4v) is 4.54. The van der Waals surface area contributed by atoms with Crippen LogP contribution in [0.3, 0.4) is 0 Å². The molecule has 11 heteroatoms. The smallest absolute Gasteiger partial charge is 0.265 e. The summed E-state index contributed by atoms with van der Waals surface area (Å²) < 4.78 is 65.4. The maximum absolute atomic E-state index is 13.0. The number of carbonyl (C=O) groups is 1. The summed E-state index contributed by atoms with van der Waals surface area (Å²) in [7, 11) is -8.43. The van der Waals surface area contributed by atoms with Crippen LogP contribution in [0, 0.1) is 0 Å². The van der Waals surface area contributed by atoms with Crippen LogP contribution in [0.1, 0.15) is 23.2 Å². The number of aromatic nitrogens is 1. The molecule has 0 bridgehead atoms. The first kappa shape index (κ1) is 23.1. The van der Waals surface area contributed by atoms with Gasteiger partial charge in [0.25, 0.3) is 16.0 Å². The first-order valence-corrected chi connectivity index (χ1v) is 12.8. The minimum atomic E-state index is -4.35. The number of aryl methyl sites for hydroxylation is 1. The average Bonchev–Trinajstić information content (AvgIpc) is 2.69. The molecular weight excluding hydrogens is 444 g/mol. The Kier molecular flexibility index (Phi) is 6.90. The average molecular weight is 467 g/mol. The molecule has 0 unspecified atom stereocenters. The molecule has 0 saturated heterocycles. The van der Waals surface area contributed by atoms with Gasteiger partial charge in [0, 0.05) is 30.9 Å². The molecule has 0 aliphatic rings. The van der Waals surface area contributed by atoms with E-state index in [4.69, 9.17) is 4.55 Å². The van der Waals surface area contributed by atoms with Crippen LogP contribution < -0.4 is 9.88 Å². The number of benzene rings is 2. The number of hydrogen-bond donors (Lipinski definition) is 2. The lowest BCUT2D eigenvalue weighted by Crippen LogP contribution is -2.38. The number of amides is 1. The van der Waals surface area contributed by atoms with Gasteiger partial charge < -0.3 is 9.87 Å². The van der Waals surface area contributed by atoms with E-state index >= 15 is 0 Å². The van der Waals surface area contributed by atoms with E-state index < -0.39 is 31.9 Å². The molecule has 0 saturated carbocycles. The molecule has 3 rings (SSSR count). The van der Waals surface area contributed by atoms with Crippen LogP contribution in [0.2, 0.25) is 0 Å². The van der Waals surface area contributed by atoms with Gasteiger partial charge in [-0.1, -0.05) is 24.3 Å². The monoisotopic (exact) mass is 466 g/mol. The molecule has 2 N–H and O–H groups in total. The van der Waals surface area contributed by atoms with Crippen molar-refractivity contribution in [2.24, 2.45) is 0 Å². The SMILES string of the molecule is O=C(NCCCS(=O)(=O)[O-])c1c2ccccc2[n+](CCCS(=O)(=O)O)c2ccccc12. The summed E-state index contributed by atoms with van der Waals surface area (Å²) in [6.45, 7) is 0.344. The fourth-order valence-electron chi connectivity index (χ4n) is 3.55. The summed E-state index contributed by atoms with van der Waals surface area (Å²) in [6.07, 6.45) is 0.197. The normalized spacial score (nSPS) is 12.3. The van der Waals surface area contributed by atoms with Crippen LogP contribution in [0.4, 0.5) is 0 Å². The predicted octanol–water partition coefficient (Wildman–Crippen LogP) is 1.22. The Morgan fingerprint density at radius 2 is 1.45 bits per heavy atom. The molecule has 3 aromatic rings. The Morgan fingerprint density at radius 3 is 1.97 bits per heavy atom. The van der Waals surface area contributed by atoms with E-state index in [2.05, 4.69) is 5.32 Å². The quantitative estimate of drug-likeness (QED) is 0.209. The molecule has 0 radical (unpaired) electrons. The van der Waals surface area contributed by atoms with E-state index in [9.17, 15) is 26.2 Å². The van der Waals surface area contributed by atoms with Crippen LogP contribution in [0.25, 0.3) is 21.8 Å². The Balaban J connectivity index is 2.02. The van der Waals surface area contributed by atoms with E-state index in [1.807, 2.05) is 16.7 Å². The van der Waals surface area contributed by atoms with E-state index in [0.29, 0.717) is 33.9 Å². The molecule has 31 heavy (non-hydrogen) atoms. The van der Waals surface area contributed by atoms with Crippen LogP contribution in [0.5, 0.6) is 0 Å². The highest BCUT2D eigenvalue weighted by molar-refractivity contribution is 7.85. The summed E-state index contributed by atoms with van der Waals surface area (Å²) in [4.78, 5) is 13.0. The number of fused-ring (bicyclic) bond motifs is 2. The molecule has 0 aliphatic carbocycles. The number of hydrogen-bond acceptors (Lipinski definition) is 6. The minimum Gasteiger partial charge on any atom is -0.748 e. The van der Waals surface area contributed by atoms with E-state index in [1.54, 1.807) is 36.4 Å². The molecule has 0 atom stereocenters. The first-order chi connectivity index (χ1) is 14.6. The number of pyridine rings is 1. The maximum atomic E-state index is 13.0. The number of nitrogens with one attached hydrogen (secondary N) is 1. The summed E-state index contributed by atoms with van der Waals surface area (Å²) in [5, 5.41) is 3.96.